The SMILES string of the molecule is CO[C@H](C)[C@H](NC(=O)C(C)CNC(=O)OCC1c2ccccc2-c2ccccc21)C(=O)O. The van der Waals surface area contributed by atoms with E-state index in [0.29, 0.717) is 0 Å². The third-order valence-electron chi connectivity index (χ3n) is 5.75. The van der Waals surface area contributed by atoms with Gasteiger partial charge in [0.05, 0.1) is 12.0 Å². The van der Waals surface area contributed by atoms with Gasteiger partial charge in [-0.25, -0.2) is 9.59 Å². The van der Waals surface area contributed by atoms with Gasteiger partial charge >= 0.3 is 12.1 Å². The summed E-state index contributed by atoms with van der Waals surface area (Å²) in [4.78, 5) is 35.9. The lowest BCUT2D eigenvalue weighted by molar-refractivity contribution is -0.146. The molecule has 0 fully saturated rings. The van der Waals surface area contributed by atoms with Crippen LogP contribution < -0.4 is 10.6 Å². The molecule has 32 heavy (non-hydrogen) atoms. The predicted octanol–water partition coefficient (Wildman–Crippen LogP) is 2.77. The van der Waals surface area contributed by atoms with Crippen LogP contribution in [0.25, 0.3) is 11.1 Å². The van der Waals surface area contributed by atoms with Gasteiger partial charge in [0.15, 0.2) is 6.04 Å². The van der Waals surface area contributed by atoms with Gasteiger partial charge in [-0.2, -0.15) is 0 Å². The van der Waals surface area contributed by atoms with Crippen molar-refractivity contribution in [3.8, 4) is 11.1 Å². The van der Waals surface area contributed by atoms with Crippen molar-refractivity contribution in [2.24, 2.45) is 5.92 Å². The number of alkyl carbamates (subject to hydrolysis) is 1. The maximum Gasteiger partial charge on any atom is 0.407 e. The number of hydrogen-bond acceptors (Lipinski definition) is 5. The Balaban J connectivity index is 1.52. The minimum absolute atomic E-state index is 0.0101. The molecule has 2 aromatic rings. The number of carboxylic acid groups (broad SMARTS) is 1. The molecule has 1 unspecified atom stereocenters. The van der Waals surface area contributed by atoms with Crippen LogP contribution in [0.5, 0.6) is 0 Å². The summed E-state index contributed by atoms with van der Waals surface area (Å²) in [6, 6.07) is 14.9. The molecule has 170 valence electrons. The Hall–Kier alpha value is -3.39. The van der Waals surface area contributed by atoms with Crippen molar-refractivity contribution in [3.63, 3.8) is 0 Å². The lowest BCUT2D eigenvalue weighted by atomic mass is 9.98. The fraction of sp³-hybridized carbons (Fsp3) is 0.375. The number of amides is 2. The summed E-state index contributed by atoms with van der Waals surface area (Å²) in [5.74, 6) is -2.40. The molecule has 0 saturated carbocycles. The molecular formula is C24H28N2O6. The van der Waals surface area contributed by atoms with Crippen LogP contribution >= 0.6 is 0 Å². The van der Waals surface area contributed by atoms with Crippen molar-refractivity contribution in [1.29, 1.82) is 0 Å². The van der Waals surface area contributed by atoms with Crippen LogP contribution in [0.4, 0.5) is 4.79 Å². The van der Waals surface area contributed by atoms with Crippen molar-refractivity contribution in [1.82, 2.24) is 10.6 Å². The second kappa shape index (κ2) is 10.3. The molecule has 0 spiro atoms. The number of rotatable bonds is 9. The Kier molecular flexibility index (Phi) is 7.48. The normalized spacial score (nSPS) is 15.1. The minimum atomic E-state index is -1.19. The van der Waals surface area contributed by atoms with Crippen LogP contribution in [0.1, 0.15) is 30.9 Å². The predicted molar refractivity (Wildman–Crippen MR) is 118 cm³/mol. The van der Waals surface area contributed by atoms with Gasteiger partial charge in [0.1, 0.15) is 6.61 Å². The average molecular weight is 440 g/mol. The molecule has 2 amide bonds. The zero-order valence-electron chi connectivity index (χ0n) is 18.3. The minimum Gasteiger partial charge on any atom is -0.480 e. The first-order valence-corrected chi connectivity index (χ1v) is 10.5. The maximum absolute atomic E-state index is 12.3. The average Bonchev–Trinajstić information content (AvgIpc) is 3.12. The highest BCUT2D eigenvalue weighted by Gasteiger charge is 2.30. The second-order valence-electron chi connectivity index (χ2n) is 7.87. The first-order chi connectivity index (χ1) is 15.3. The number of carboxylic acids is 1. The van der Waals surface area contributed by atoms with Gasteiger partial charge in [0.25, 0.3) is 0 Å². The van der Waals surface area contributed by atoms with E-state index in [1.807, 2.05) is 36.4 Å². The van der Waals surface area contributed by atoms with Crippen molar-refractivity contribution in [2.45, 2.75) is 31.9 Å². The summed E-state index contributed by atoms with van der Waals surface area (Å²) >= 11 is 0. The van der Waals surface area contributed by atoms with Gasteiger partial charge in [-0.1, -0.05) is 55.5 Å². The molecule has 3 N–H and O–H groups in total. The van der Waals surface area contributed by atoms with Crippen LogP contribution in [0.3, 0.4) is 0 Å². The number of aliphatic carboxylic acids is 1. The van der Waals surface area contributed by atoms with Crippen molar-refractivity contribution < 1.29 is 29.0 Å². The highest BCUT2D eigenvalue weighted by atomic mass is 16.5. The molecule has 0 saturated heterocycles. The summed E-state index contributed by atoms with van der Waals surface area (Å²) < 4.78 is 10.4. The van der Waals surface area contributed by atoms with E-state index >= 15 is 0 Å². The molecule has 8 nitrogen and oxygen atoms in total. The van der Waals surface area contributed by atoms with Gasteiger partial charge in [-0.3, -0.25) is 4.79 Å². The zero-order chi connectivity index (χ0) is 23.3. The molecule has 3 atom stereocenters. The highest BCUT2D eigenvalue weighted by molar-refractivity contribution is 5.85. The summed E-state index contributed by atoms with van der Waals surface area (Å²) in [5.41, 5.74) is 4.50. The zero-order valence-corrected chi connectivity index (χ0v) is 18.3. The molecule has 3 rings (SSSR count). The van der Waals surface area contributed by atoms with E-state index < -0.39 is 36.0 Å². The third-order valence-corrected chi connectivity index (χ3v) is 5.75. The van der Waals surface area contributed by atoms with E-state index in [-0.39, 0.29) is 19.1 Å². The number of carbonyl (C=O) groups is 3. The molecule has 0 aliphatic heterocycles. The van der Waals surface area contributed by atoms with Gasteiger partial charge in [0.2, 0.25) is 5.91 Å². The summed E-state index contributed by atoms with van der Waals surface area (Å²) in [6.07, 6.45) is -1.33. The first kappa shape index (κ1) is 23.3. The highest BCUT2D eigenvalue weighted by Crippen LogP contribution is 2.44. The Bertz CT molecular complexity index is 946. The number of hydrogen-bond donors (Lipinski definition) is 3. The van der Waals surface area contributed by atoms with Crippen LogP contribution in [0.15, 0.2) is 48.5 Å². The quantitative estimate of drug-likeness (QED) is 0.553. The maximum atomic E-state index is 12.3. The molecule has 0 heterocycles. The van der Waals surface area contributed by atoms with Gasteiger partial charge in [-0.15, -0.1) is 0 Å². The fourth-order valence-electron chi connectivity index (χ4n) is 3.79. The summed E-state index contributed by atoms with van der Waals surface area (Å²) in [5, 5.41) is 14.3. The van der Waals surface area contributed by atoms with Gasteiger partial charge in [-0.05, 0) is 29.2 Å². The van der Waals surface area contributed by atoms with Gasteiger partial charge < -0.3 is 25.2 Å². The van der Waals surface area contributed by atoms with E-state index in [4.69, 9.17) is 9.47 Å². The first-order valence-electron chi connectivity index (χ1n) is 10.5. The largest absolute Gasteiger partial charge is 0.480 e. The van der Waals surface area contributed by atoms with Crippen LogP contribution in [-0.4, -0.2) is 55.5 Å². The number of methoxy groups -OCH3 is 1. The van der Waals surface area contributed by atoms with Crippen molar-refractivity contribution in [3.05, 3.63) is 59.7 Å². The van der Waals surface area contributed by atoms with E-state index in [0.717, 1.165) is 22.3 Å². The third kappa shape index (κ3) is 5.08. The van der Waals surface area contributed by atoms with Crippen LogP contribution in [0.2, 0.25) is 0 Å². The van der Waals surface area contributed by atoms with Crippen molar-refractivity contribution >= 4 is 18.0 Å². The monoisotopic (exact) mass is 440 g/mol. The lowest BCUT2D eigenvalue weighted by Crippen LogP contribution is -2.51. The van der Waals surface area contributed by atoms with E-state index in [1.165, 1.54) is 7.11 Å². The molecule has 2 aromatic carbocycles. The molecule has 0 radical (unpaired) electrons. The van der Waals surface area contributed by atoms with Crippen LogP contribution in [-0.2, 0) is 19.1 Å². The topological polar surface area (TPSA) is 114 Å². The number of ether oxygens (including phenoxy) is 2. The van der Waals surface area contributed by atoms with Crippen LogP contribution in [0, 0.1) is 5.92 Å². The molecule has 1 aliphatic rings. The van der Waals surface area contributed by atoms with E-state index in [2.05, 4.69) is 22.8 Å². The number of fused-ring (bicyclic) bond motifs is 3. The van der Waals surface area contributed by atoms with E-state index in [9.17, 15) is 19.5 Å². The van der Waals surface area contributed by atoms with Crippen molar-refractivity contribution in [2.75, 3.05) is 20.3 Å². The Morgan fingerprint density at radius 1 is 1.00 bits per heavy atom. The Morgan fingerprint density at radius 2 is 1.56 bits per heavy atom. The fourth-order valence-corrected chi connectivity index (χ4v) is 3.79. The summed E-state index contributed by atoms with van der Waals surface area (Å²) in [6.45, 7) is 3.33. The lowest BCUT2D eigenvalue weighted by Gasteiger charge is -2.22. The number of carbonyl (C=O) groups excluding carboxylic acids is 2. The molecule has 0 bridgehead atoms. The molecular weight excluding hydrogens is 412 g/mol. The molecule has 1 aliphatic carbocycles. The summed E-state index contributed by atoms with van der Waals surface area (Å²) in [7, 11) is 1.37. The Morgan fingerprint density at radius 3 is 2.09 bits per heavy atom. The molecule has 0 aromatic heterocycles. The van der Waals surface area contributed by atoms with E-state index in [1.54, 1.807) is 13.8 Å². The Labute approximate surface area is 186 Å². The smallest absolute Gasteiger partial charge is 0.407 e. The second-order valence-corrected chi connectivity index (χ2v) is 7.87. The standard InChI is InChI=1S/C24H28N2O6/c1-14(22(27)26-21(23(28)29)15(2)31-3)12-25-24(30)32-13-20-18-10-6-4-8-16(18)17-9-5-7-11-19(17)20/h4-11,14-15,20-21H,12-13H2,1-3H3,(H,25,30)(H,26,27)(H,28,29)/t14?,15-,21+/m1/s1. The number of benzene rings is 2. The number of nitrogens with one attached hydrogen (secondary N) is 2. The molecule has 8 heteroatoms. The van der Waals surface area contributed by atoms with Gasteiger partial charge in [0, 0.05) is 19.6 Å².